The molecule has 4 rings (SSSR count). The predicted octanol–water partition coefficient (Wildman–Crippen LogP) is 5.29. The zero-order valence-electron chi connectivity index (χ0n) is 19.7. The smallest absolute Gasteiger partial charge is 0.251 e. The lowest BCUT2D eigenvalue weighted by Gasteiger charge is -2.26. The highest BCUT2D eigenvalue weighted by Crippen LogP contribution is 2.32. The van der Waals surface area contributed by atoms with Gasteiger partial charge in [0.05, 0.1) is 20.3 Å². The van der Waals surface area contributed by atoms with Gasteiger partial charge in [-0.15, -0.1) is 0 Å². The van der Waals surface area contributed by atoms with E-state index in [4.69, 9.17) is 14.2 Å². The van der Waals surface area contributed by atoms with Crippen LogP contribution in [0, 0.1) is 0 Å². The molecule has 6 heteroatoms. The van der Waals surface area contributed by atoms with Gasteiger partial charge in [0.15, 0.2) is 17.3 Å². The molecule has 1 aliphatic rings. The van der Waals surface area contributed by atoms with Crippen LogP contribution in [0.4, 0.5) is 0 Å². The third-order valence-corrected chi connectivity index (χ3v) is 6.18. The molecule has 0 radical (unpaired) electrons. The van der Waals surface area contributed by atoms with Crippen LogP contribution in [-0.4, -0.2) is 25.9 Å². The van der Waals surface area contributed by atoms with Crippen molar-refractivity contribution in [3.8, 4) is 17.2 Å². The van der Waals surface area contributed by atoms with Gasteiger partial charge in [-0.2, -0.15) is 0 Å². The molecular formula is C28H29NO5. The summed E-state index contributed by atoms with van der Waals surface area (Å²) in [5.74, 6) is 1.39. The van der Waals surface area contributed by atoms with E-state index in [-0.39, 0.29) is 24.3 Å². The Bertz CT molecular complexity index is 1200. The molecule has 1 atom stereocenters. The first-order valence-corrected chi connectivity index (χ1v) is 11.4. The predicted molar refractivity (Wildman–Crippen MR) is 130 cm³/mol. The summed E-state index contributed by atoms with van der Waals surface area (Å²) in [7, 11) is 3.10. The minimum Gasteiger partial charge on any atom is -0.496 e. The fourth-order valence-electron chi connectivity index (χ4n) is 4.31. The Morgan fingerprint density at radius 3 is 2.41 bits per heavy atom. The summed E-state index contributed by atoms with van der Waals surface area (Å²) in [4.78, 5) is 24.6. The van der Waals surface area contributed by atoms with Crippen LogP contribution in [0.3, 0.4) is 0 Å². The molecule has 1 N–H and O–H groups in total. The quantitative estimate of drug-likeness (QED) is 0.463. The summed E-state index contributed by atoms with van der Waals surface area (Å²) in [5, 5.41) is 3.17. The number of fused-ring (bicyclic) bond motifs is 1. The van der Waals surface area contributed by atoms with Gasteiger partial charge in [-0.3, -0.25) is 9.59 Å². The number of nitrogens with one attached hydrogen (secondary N) is 1. The number of benzene rings is 3. The summed E-state index contributed by atoms with van der Waals surface area (Å²) in [6, 6.07) is 18.7. The molecule has 1 amide bonds. The van der Waals surface area contributed by atoms with E-state index in [1.807, 2.05) is 18.2 Å². The number of carbonyl (C=O) groups excluding carboxylic acids is 2. The van der Waals surface area contributed by atoms with Gasteiger partial charge in [0.1, 0.15) is 12.4 Å². The van der Waals surface area contributed by atoms with Gasteiger partial charge < -0.3 is 19.5 Å². The number of hydrogen-bond acceptors (Lipinski definition) is 5. The minimum absolute atomic E-state index is 0.00445. The molecule has 0 spiro atoms. The van der Waals surface area contributed by atoms with Gasteiger partial charge in [0.2, 0.25) is 0 Å². The highest BCUT2D eigenvalue weighted by atomic mass is 16.5. The van der Waals surface area contributed by atoms with E-state index < -0.39 is 0 Å². The number of rotatable bonds is 8. The first-order chi connectivity index (χ1) is 16.5. The summed E-state index contributed by atoms with van der Waals surface area (Å²) in [6.07, 6.45) is 3.02. The number of carbonyl (C=O) groups is 2. The molecule has 0 saturated carbocycles. The molecule has 6 nitrogen and oxygen atoms in total. The van der Waals surface area contributed by atoms with Crippen molar-refractivity contribution in [1.29, 1.82) is 0 Å². The average molecular weight is 460 g/mol. The van der Waals surface area contributed by atoms with E-state index in [2.05, 4.69) is 17.4 Å². The van der Waals surface area contributed by atoms with Crippen LogP contribution in [0.1, 0.15) is 63.2 Å². The molecule has 0 aliphatic heterocycles. The normalized spacial score (nSPS) is 14.6. The Morgan fingerprint density at radius 2 is 1.65 bits per heavy atom. The fraction of sp³-hybridized carbons (Fsp3) is 0.286. The summed E-state index contributed by atoms with van der Waals surface area (Å²) in [6.45, 7) is 1.74. The van der Waals surface area contributed by atoms with Crippen LogP contribution in [0.5, 0.6) is 17.2 Å². The third-order valence-electron chi connectivity index (χ3n) is 6.18. The standard InChI is InChI=1S/C28H29NO5/c1-18(30)20-11-12-22(26(15-20)32-2)17-34-25-14-13-21(16-27(25)33-3)28(31)29-24-10-6-8-19-7-4-5-9-23(19)24/h4-5,7,9,11-16,24H,6,8,10,17H2,1-3H3,(H,29,31)/t24-/m1/s1. The molecule has 0 saturated heterocycles. The van der Waals surface area contributed by atoms with E-state index in [0.29, 0.717) is 28.4 Å². The summed E-state index contributed by atoms with van der Waals surface area (Å²) >= 11 is 0. The molecular weight excluding hydrogens is 430 g/mol. The van der Waals surface area contributed by atoms with E-state index in [0.717, 1.165) is 24.8 Å². The molecule has 1 aliphatic carbocycles. The summed E-state index contributed by atoms with van der Waals surface area (Å²) in [5.41, 5.74) is 4.38. The number of ether oxygens (including phenoxy) is 3. The van der Waals surface area contributed by atoms with Crippen molar-refractivity contribution in [3.63, 3.8) is 0 Å². The zero-order chi connectivity index (χ0) is 24.1. The monoisotopic (exact) mass is 459 g/mol. The lowest BCUT2D eigenvalue weighted by Crippen LogP contribution is -2.31. The van der Waals surface area contributed by atoms with Crippen molar-refractivity contribution in [2.45, 2.75) is 38.8 Å². The maximum atomic E-state index is 13.0. The van der Waals surface area contributed by atoms with E-state index in [9.17, 15) is 9.59 Å². The maximum Gasteiger partial charge on any atom is 0.251 e. The van der Waals surface area contributed by atoms with Gasteiger partial charge in [-0.05, 0) is 61.6 Å². The van der Waals surface area contributed by atoms with Crippen molar-refractivity contribution in [2.24, 2.45) is 0 Å². The highest BCUT2D eigenvalue weighted by Gasteiger charge is 2.22. The van der Waals surface area contributed by atoms with Gasteiger partial charge in [-0.25, -0.2) is 0 Å². The van der Waals surface area contributed by atoms with Crippen molar-refractivity contribution in [2.75, 3.05) is 14.2 Å². The van der Waals surface area contributed by atoms with Gasteiger partial charge in [-0.1, -0.05) is 36.4 Å². The molecule has 34 heavy (non-hydrogen) atoms. The van der Waals surface area contributed by atoms with Crippen molar-refractivity contribution in [1.82, 2.24) is 5.32 Å². The average Bonchev–Trinajstić information content (AvgIpc) is 2.87. The number of hydrogen-bond donors (Lipinski definition) is 1. The molecule has 0 fully saturated rings. The molecule has 3 aromatic carbocycles. The lowest BCUT2D eigenvalue weighted by atomic mass is 9.87. The van der Waals surface area contributed by atoms with E-state index >= 15 is 0 Å². The Morgan fingerprint density at radius 1 is 0.912 bits per heavy atom. The highest BCUT2D eigenvalue weighted by molar-refractivity contribution is 5.95. The van der Waals surface area contributed by atoms with Crippen LogP contribution in [0.2, 0.25) is 0 Å². The SMILES string of the molecule is COc1cc(C(C)=O)ccc1COc1ccc(C(=O)N[C@@H]2CCCc3ccccc32)cc1OC. The van der Waals surface area contributed by atoms with Gasteiger partial charge in [0.25, 0.3) is 5.91 Å². The number of amides is 1. The van der Waals surface area contributed by atoms with Gasteiger partial charge >= 0.3 is 0 Å². The van der Waals surface area contributed by atoms with Crippen LogP contribution >= 0.6 is 0 Å². The maximum absolute atomic E-state index is 13.0. The van der Waals surface area contributed by atoms with Crippen LogP contribution in [0.15, 0.2) is 60.7 Å². The molecule has 0 aromatic heterocycles. The van der Waals surface area contributed by atoms with Crippen molar-refractivity contribution < 1.29 is 23.8 Å². The lowest BCUT2D eigenvalue weighted by molar-refractivity contribution is 0.0931. The fourth-order valence-corrected chi connectivity index (χ4v) is 4.31. The van der Waals surface area contributed by atoms with Crippen molar-refractivity contribution >= 4 is 11.7 Å². The van der Waals surface area contributed by atoms with Crippen molar-refractivity contribution in [3.05, 3.63) is 88.5 Å². The molecule has 0 bridgehead atoms. The zero-order valence-corrected chi connectivity index (χ0v) is 19.7. The second-order valence-corrected chi connectivity index (χ2v) is 8.35. The number of methoxy groups -OCH3 is 2. The summed E-state index contributed by atoms with van der Waals surface area (Å²) < 4.78 is 16.9. The topological polar surface area (TPSA) is 73.9 Å². The third kappa shape index (κ3) is 5.06. The largest absolute Gasteiger partial charge is 0.496 e. The Labute approximate surface area is 199 Å². The number of aryl methyl sites for hydroxylation is 1. The molecule has 0 unspecified atom stereocenters. The first-order valence-electron chi connectivity index (χ1n) is 11.4. The molecule has 176 valence electrons. The van der Waals surface area contributed by atoms with E-state index in [1.54, 1.807) is 44.6 Å². The van der Waals surface area contributed by atoms with Gasteiger partial charge in [0, 0.05) is 16.7 Å². The molecule has 0 heterocycles. The Kier molecular flexibility index (Phi) is 7.16. The molecule has 3 aromatic rings. The number of ketones is 1. The van der Waals surface area contributed by atoms with Crippen LogP contribution in [-0.2, 0) is 13.0 Å². The minimum atomic E-state index is -0.145. The Hall–Kier alpha value is -3.80. The second kappa shape index (κ2) is 10.4. The second-order valence-electron chi connectivity index (χ2n) is 8.35. The Balaban J connectivity index is 1.47. The van der Waals surface area contributed by atoms with Crippen LogP contribution < -0.4 is 19.5 Å². The number of Topliss-reactive ketones (excluding diaryl/α,β-unsaturated/α-hetero) is 1. The van der Waals surface area contributed by atoms with E-state index in [1.165, 1.54) is 18.1 Å². The first kappa shape index (κ1) is 23.4. The van der Waals surface area contributed by atoms with Crippen LogP contribution in [0.25, 0.3) is 0 Å².